The van der Waals surface area contributed by atoms with Gasteiger partial charge in [0.2, 0.25) is 5.69 Å². The Morgan fingerprint density at radius 2 is 1.41 bits per heavy atom. The van der Waals surface area contributed by atoms with Gasteiger partial charge in [-0.15, -0.1) is 9.13 Å². The predicted molar refractivity (Wildman–Crippen MR) is 159 cm³/mol. The minimum absolute atomic E-state index is 0.600. The molecule has 6 heterocycles. The molecule has 11 rings (SSSR count). The Morgan fingerprint density at radius 3 is 2.34 bits per heavy atom. The third kappa shape index (κ3) is 2.08. The molecule has 8 aromatic rings. The van der Waals surface area contributed by atoms with Crippen LogP contribution in [0.3, 0.4) is 0 Å². The number of para-hydroxylation sites is 3. The molecule has 1 unspecified atom stereocenters. The maximum atomic E-state index is 6.78. The molecule has 0 fully saturated rings. The first-order valence-corrected chi connectivity index (χ1v) is 14.1. The lowest BCUT2D eigenvalue weighted by atomic mass is 9.85. The van der Waals surface area contributed by atoms with Crippen LogP contribution < -0.4 is 13.9 Å². The molecule has 4 heteroatoms. The molecule has 41 heavy (non-hydrogen) atoms. The topological polar surface area (TPSA) is 21.4 Å². The van der Waals surface area contributed by atoms with Crippen LogP contribution >= 0.6 is 0 Å². The normalized spacial score (nSPS) is 17.1. The number of aromatic nitrogens is 3. The number of ether oxygens (including phenoxy) is 1. The zero-order chi connectivity index (χ0) is 26.4. The lowest BCUT2D eigenvalue weighted by Crippen LogP contribution is -2.71. The quantitative estimate of drug-likeness (QED) is 0.163. The number of imidazole rings is 1. The van der Waals surface area contributed by atoms with Crippen molar-refractivity contribution in [3.63, 3.8) is 0 Å². The molecule has 3 aliphatic heterocycles. The highest BCUT2D eigenvalue weighted by atomic mass is 16.5. The zero-order valence-electron chi connectivity index (χ0n) is 21.9. The average Bonchev–Trinajstić information content (AvgIpc) is 3.65. The van der Waals surface area contributed by atoms with Gasteiger partial charge in [-0.3, -0.25) is 0 Å². The van der Waals surface area contributed by atoms with Crippen molar-refractivity contribution in [3.8, 4) is 33.9 Å². The number of hydrogen-bond acceptors (Lipinski definition) is 1. The van der Waals surface area contributed by atoms with Crippen LogP contribution in [0.1, 0.15) is 11.1 Å². The second-order valence-electron chi connectivity index (χ2n) is 11.4. The molecule has 1 spiro atoms. The van der Waals surface area contributed by atoms with Gasteiger partial charge in [-0.1, -0.05) is 66.7 Å². The van der Waals surface area contributed by atoms with E-state index in [4.69, 9.17) is 4.74 Å². The first kappa shape index (κ1) is 20.4. The number of fused-ring (bicyclic) bond motifs is 8. The van der Waals surface area contributed by atoms with E-state index in [1.54, 1.807) is 0 Å². The fraction of sp³-hybridized carbons (Fsp3) is 0.0270. The van der Waals surface area contributed by atoms with Crippen LogP contribution in [0.2, 0.25) is 0 Å². The van der Waals surface area contributed by atoms with Gasteiger partial charge < -0.3 is 4.74 Å². The Morgan fingerprint density at radius 1 is 0.610 bits per heavy atom. The number of rotatable bonds is 1. The molecule has 0 saturated heterocycles. The molecule has 0 saturated carbocycles. The van der Waals surface area contributed by atoms with Crippen molar-refractivity contribution in [2.45, 2.75) is 5.66 Å². The SMILES string of the molecule is c1ccc(-c2cc[n+]3c(c2)-c2cccc4c2C32c3c(ccc5c6ccccc6n6c7ccccc7[n+]2c6c35)O4)cc1. The van der Waals surface area contributed by atoms with Gasteiger partial charge in [-0.05, 0) is 53.6 Å². The summed E-state index contributed by atoms with van der Waals surface area (Å²) < 4.78 is 14.4. The standard InChI is InChI=1S/C37H21N3O/c1-2-9-22(10-3-1)23-19-20-38-30(21-23)26-12-8-16-31-34(26)37(38)35-32(41-31)18-17-25-24-11-4-5-13-27(24)39-28-14-6-7-15-29(28)40(37)36(39)33(25)35/h1-21H/q+2. The summed E-state index contributed by atoms with van der Waals surface area (Å²) in [7, 11) is 0. The maximum Gasteiger partial charge on any atom is 0.372 e. The van der Waals surface area contributed by atoms with Crippen molar-refractivity contribution >= 4 is 38.4 Å². The van der Waals surface area contributed by atoms with E-state index in [9.17, 15) is 0 Å². The average molecular weight is 524 g/mol. The van der Waals surface area contributed by atoms with Crippen LogP contribution in [-0.2, 0) is 5.66 Å². The molecule has 4 nitrogen and oxygen atoms in total. The van der Waals surface area contributed by atoms with Gasteiger partial charge >= 0.3 is 11.3 Å². The summed E-state index contributed by atoms with van der Waals surface area (Å²) in [5.41, 5.74) is 11.6. The van der Waals surface area contributed by atoms with E-state index in [2.05, 4.69) is 141 Å². The molecule has 5 aromatic carbocycles. The molecule has 0 radical (unpaired) electrons. The summed E-state index contributed by atoms with van der Waals surface area (Å²) in [5.74, 6) is 1.85. The molecular weight excluding hydrogens is 502 g/mol. The molecule has 0 N–H and O–H groups in total. The van der Waals surface area contributed by atoms with E-state index in [1.807, 2.05) is 0 Å². The Labute approximate surface area is 234 Å². The predicted octanol–water partition coefficient (Wildman–Crippen LogP) is 7.34. The largest absolute Gasteiger partial charge is 0.456 e. The van der Waals surface area contributed by atoms with E-state index in [-0.39, 0.29) is 0 Å². The van der Waals surface area contributed by atoms with Crippen LogP contribution in [-0.4, -0.2) is 4.40 Å². The van der Waals surface area contributed by atoms with Gasteiger partial charge in [0.1, 0.15) is 28.1 Å². The van der Waals surface area contributed by atoms with Crippen molar-refractivity contribution < 1.29 is 13.9 Å². The number of nitrogens with zero attached hydrogens (tertiary/aromatic N) is 3. The van der Waals surface area contributed by atoms with Crippen LogP contribution in [0.15, 0.2) is 128 Å². The third-order valence-corrected chi connectivity index (χ3v) is 9.57. The first-order chi connectivity index (χ1) is 20.4. The van der Waals surface area contributed by atoms with Gasteiger partial charge in [0.05, 0.1) is 10.9 Å². The van der Waals surface area contributed by atoms with E-state index in [0.29, 0.717) is 0 Å². The minimum Gasteiger partial charge on any atom is -0.456 e. The van der Waals surface area contributed by atoms with Crippen LogP contribution in [0, 0.1) is 0 Å². The lowest BCUT2D eigenvalue weighted by molar-refractivity contribution is -0.940. The fourth-order valence-electron chi connectivity index (χ4n) is 8.14. The molecule has 3 aromatic heterocycles. The highest BCUT2D eigenvalue weighted by Crippen LogP contribution is 2.58. The summed E-state index contributed by atoms with van der Waals surface area (Å²) in [6.45, 7) is 0. The summed E-state index contributed by atoms with van der Waals surface area (Å²) in [4.78, 5) is 0. The number of hydrogen-bond donors (Lipinski definition) is 0. The van der Waals surface area contributed by atoms with Crippen molar-refractivity contribution in [2.75, 3.05) is 0 Å². The smallest absolute Gasteiger partial charge is 0.372 e. The Bertz CT molecular complexity index is 2510. The molecule has 0 aliphatic carbocycles. The maximum absolute atomic E-state index is 6.78. The van der Waals surface area contributed by atoms with Crippen molar-refractivity contribution in [2.24, 2.45) is 0 Å². The van der Waals surface area contributed by atoms with Gasteiger partial charge in [0, 0.05) is 22.9 Å². The Hall–Kier alpha value is -5.48. The van der Waals surface area contributed by atoms with Gasteiger partial charge in [-0.25, -0.2) is 0 Å². The van der Waals surface area contributed by atoms with Gasteiger partial charge in [0.25, 0.3) is 0 Å². The van der Waals surface area contributed by atoms with E-state index < -0.39 is 5.66 Å². The van der Waals surface area contributed by atoms with E-state index in [1.165, 1.54) is 71.9 Å². The minimum atomic E-state index is -0.600. The van der Waals surface area contributed by atoms with E-state index in [0.717, 1.165) is 11.5 Å². The van der Waals surface area contributed by atoms with Crippen molar-refractivity contribution in [3.05, 3.63) is 139 Å². The van der Waals surface area contributed by atoms with Gasteiger partial charge in [-0.2, -0.15) is 4.40 Å². The summed E-state index contributed by atoms with van der Waals surface area (Å²) in [6.07, 6.45) is 2.30. The molecule has 188 valence electrons. The summed E-state index contributed by atoms with van der Waals surface area (Å²) >= 11 is 0. The Kier molecular flexibility index (Phi) is 3.30. The van der Waals surface area contributed by atoms with Gasteiger partial charge in [0.15, 0.2) is 17.2 Å². The molecule has 0 amide bonds. The summed E-state index contributed by atoms with van der Waals surface area (Å²) in [6, 6.07) is 43.9. The van der Waals surface area contributed by atoms with Crippen LogP contribution in [0.4, 0.5) is 0 Å². The van der Waals surface area contributed by atoms with E-state index >= 15 is 0 Å². The molecule has 1 atom stereocenters. The van der Waals surface area contributed by atoms with Crippen LogP contribution in [0.5, 0.6) is 11.5 Å². The third-order valence-electron chi connectivity index (χ3n) is 9.57. The molecule has 3 aliphatic rings. The van der Waals surface area contributed by atoms with Crippen LogP contribution in [0.25, 0.3) is 60.7 Å². The number of benzene rings is 5. The van der Waals surface area contributed by atoms with Crippen molar-refractivity contribution in [1.29, 1.82) is 0 Å². The first-order valence-electron chi connectivity index (χ1n) is 14.1. The monoisotopic (exact) mass is 523 g/mol. The second-order valence-corrected chi connectivity index (χ2v) is 11.4. The Balaban J connectivity index is 1.42. The van der Waals surface area contributed by atoms with Crippen molar-refractivity contribution in [1.82, 2.24) is 4.40 Å². The fourth-order valence-corrected chi connectivity index (χ4v) is 8.14. The number of pyridine rings is 2. The summed E-state index contributed by atoms with van der Waals surface area (Å²) in [5, 5.41) is 3.79. The highest BCUT2D eigenvalue weighted by molar-refractivity contribution is 6.16. The second kappa shape index (κ2) is 6.62. The molecule has 0 bridgehead atoms. The lowest BCUT2D eigenvalue weighted by Gasteiger charge is -2.28. The molecular formula is C37H21N3O+2. The highest BCUT2D eigenvalue weighted by Gasteiger charge is 2.69. The zero-order valence-corrected chi connectivity index (χ0v) is 21.9.